The minimum Gasteiger partial charge on any atom is -0.478 e. The Labute approximate surface area is 114 Å². The highest BCUT2D eigenvalue weighted by atomic mass is 19.1. The van der Waals surface area contributed by atoms with Crippen LogP contribution in [0.2, 0.25) is 0 Å². The summed E-state index contributed by atoms with van der Waals surface area (Å²) in [6, 6.07) is 9.10. The Balaban J connectivity index is 2.24. The molecule has 0 unspecified atom stereocenters. The van der Waals surface area contributed by atoms with Gasteiger partial charge in [0.25, 0.3) is 5.56 Å². The second kappa shape index (κ2) is 5.97. The van der Waals surface area contributed by atoms with Gasteiger partial charge < -0.3 is 9.67 Å². The molecule has 0 saturated heterocycles. The lowest BCUT2D eigenvalue weighted by Gasteiger charge is -2.07. The molecule has 0 aliphatic carbocycles. The molecule has 0 saturated carbocycles. The van der Waals surface area contributed by atoms with Crippen LogP contribution in [-0.2, 0) is 11.3 Å². The largest absolute Gasteiger partial charge is 0.478 e. The highest BCUT2D eigenvalue weighted by Gasteiger charge is 2.04. The zero-order valence-electron chi connectivity index (χ0n) is 10.5. The van der Waals surface area contributed by atoms with Gasteiger partial charge in [0.15, 0.2) is 0 Å². The predicted molar refractivity (Wildman–Crippen MR) is 72.9 cm³/mol. The molecule has 0 atom stereocenters. The van der Waals surface area contributed by atoms with Gasteiger partial charge in [-0.15, -0.1) is 0 Å². The molecule has 0 spiro atoms. The zero-order chi connectivity index (χ0) is 14.5. The fraction of sp³-hybridized carbons (Fsp3) is 0.0667. The summed E-state index contributed by atoms with van der Waals surface area (Å²) >= 11 is 0. The van der Waals surface area contributed by atoms with Crippen LogP contribution in [0.4, 0.5) is 4.39 Å². The summed E-state index contributed by atoms with van der Waals surface area (Å²) in [5.74, 6) is -1.57. The van der Waals surface area contributed by atoms with E-state index in [0.717, 1.165) is 6.08 Å². The standard InChI is InChI=1S/C15H12FNO3/c16-13-9-11(5-7-15(19)20)4-6-12(13)10-17-8-2-1-3-14(17)18/h1-9H,10H2,(H,19,20). The van der Waals surface area contributed by atoms with E-state index in [0.29, 0.717) is 11.1 Å². The fourth-order valence-corrected chi connectivity index (χ4v) is 1.74. The van der Waals surface area contributed by atoms with E-state index in [1.54, 1.807) is 24.4 Å². The van der Waals surface area contributed by atoms with Gasteiger partial charge in [0.1, 0.15) is 5.82 Å². The highest BCUT2D eigenvalue weighted by Crippen LogP contribution is 2.12. The molecule has 0 fully saturated rings. The molecule has 2 aromatic rings. The molecule has 0 radical (unpaired) electrons. The number of aromatic nitrogens is 1. The molecular formula is C15H12FNO3. The molecule has 0 aliphatic heterocycles. The van der Waals surface area contributed by atoms with Crippen molar-refractivity contribution >= 4 is 12.0 Å². The summed E-state index contributed by atoms with van der Waals surface area (Å²) in [6.07, 6.45) is 3.83. The summed E-state index contributed by atoms with van der Waals surface area (Å²) in [6.45, 7) is 0.133. The Morgan fingerprint density at radius 2 is 2.10 bits per heavy atom. The Kier molecular flexibility index (Phi) is 4.10. The molecule has 2 rings (SSSR count). The van der Waals surface area contributed by atoms with Gasteiger partial charge in [-0.3, -0.25) is 4.79 Å². The van der Waals surface area contributed by atoms with Crippen LogP contribution < -0.4 is 5.56 Å². The number of hydrogen-bond acceptors (Lipinski definition) is 2. The molecule has 5 heteroatoms. The Morgan fingerprint density at radius 3 is 2.75 bits per heavy atom. The Bertz CT molecular complexity index is 719. The van der Waals surface area contributed by atoms with Gasteiger partial charge in [0.2, 0.25) is 0 Å². The first kappa shape index (κ1) is 13.7. The van der Waals surface area contributed by atoms with Crippen molar-refractivity contribution < 1.29 is 14.3 Å². The molecule has 1 aromatic heterocycles. The van der Waals surface area contributed by atoms with Crippen molar-refractivity contribution in [1.29, 1.82) is 0 Å². The fourth-order valence-electron chi connectivity index (χ4n) is 1.74. The third-order valence-electron chi connectivity index (χ3n) is 2.74. The molecule has 1 N–H and O–H groups in total. The van der Waals surface area contributed by atoms with Crippen LogP contribution in [0.5, 0.6) is 0 Å². The van der Waals surface area contributed by atoms with Crippen molar-refractivity contribution in [2.75, 3.05) is 0 Å². The van der Waals surface area contributed by atoms with Crippen LogP contribution in [0, 0.1) is 5.82 Å². The normalized spacial score (nSPS) is 10.8. The van der Waals surface area contributed by atoms with Crippen LogP contribution in [0.3, 0.4) is 0 Å². The minimum absolute atomic E-state index is 0.133. The third kappa shape index (κ3) is 3.41. The molecule has 1 heterocycles. The average Bonchev–Trinajstić information content (AvgIpc) is 2.41. The topological polar surface area (TPSA) is 59.3 Å². The number of benzene rings is 1. The monoisotopic (exact) mass is 273 g/mol. The summed E-state index contributed by atoms with van der Waals surface area (Å²) in [7, 11) is 0. The zero-order valence-corrected chi connectivity index (χ0v) is 10.5. The summed E-state index contributed by atoms with van der Waals surface area (Å²) < 4.78 is 15.3. The van der Waals surface area contributed by atoms with Crippen LogP contribution in [-0.4, -0.2) is 15.6 Å². The first-order valence-corrected chi connectivity index (χ1v) is 5.91. The number of nitrogens with zero attached hydrogens (tertiary/aromatic N) is 1. The predicted octanol–water partition coefficient (Wildman–Crippen LogP) is 2.13. The second-order valence-corrected chi connectivity index (χ2v) is 4.19. The van der Waals surface area contributed by atoms with E-state index in [1.807, 2.05) is 0 Å². The van der Waals surface area contributed by atoms with Gasteiger partial charge in [-0.05, 0) is 23.8 Å². The van der Waals surface area contributed by atoms with Gasteiger partial charge in [-0.1, -0.05) is 18.2 Å². The lowest BCUT2D eigenvalue weighted by molar-refractivity contribution is -0.131. The highest BCUT2D eigenvalue weighted by molar-refractivity contribution is 5.85. The molecule has 0 amide bonds. The van der Waals surface area contributed by atoms with Crippen molar-refractivity contribution in [3.8, 4) is 0 Å². The Hall–Kier alpha value is -2.69. The van der Waals surface area contributed by atoms with Crippen molar-refractivity contribution in [3.63, 3.8) is 0 Å². The lowest BCUT2D eigenvalue weighted by atomic mass is 10.1. The van der Waals surface area contributed by atoms with Crippen LogP contribution in [0.15, 0.2) is 53.5 Å². The molecule has 102 valence electrons. The smallest absolute Gasteiger partial charge is 0.328 e. The molecule has 1 aromatic carbocycles. The molecule has 0 bridgehead atoms. The van der Waals surface area contributed by atoms with Crippen LogP contribution >= 0.6 is 0 Å². The molecule has 20 heavy (non-hydrogen) atoms. The maximum Gasteiger partial charge on any atom is 0.328 e. The van der Waals surface area contributed by atoms with E-state index in [9.17, 15) is 14.0 Å². The minimum atomic E-state index is -1.09. The quantitative estimate of drug-likeness (QED) is 0.868. The lowest BCUT2D eigenvalue weighted by Crippen LogP contribution is -2.18. The molecular weight excluding hydrogens is 261 g/mol. The van der Waals surface area contributed by atoms with Crippen molar-refractivity contribution in [3.05, 3.63) is 76.0 Å². The first-order chi connectivity index (χ1) is 9.56. The Morgan fingerprint density at radius 1 is 1.30 bits per heavy atom. The number of halogens is 1. The summed E-state index contributed by atoms with van der Waals surface area (Å²) in [5, 5.41) is 8.51. The van der Waals surface area contributed by atoms with Crippen molar-refractivity contribution in [1.82, 2.24) is 4.57 Å². The SMILES string of the molecule is O=C(O)C=Cc1ccc(Cn2ccccc2=O)c(F)c1. The van der Waals surface area contributed by atoms with E-state index in [-0.39, 0.29) is 12.1 Å². The number of carboxylic acids is 1. The van der Waals surface area contributed by atoms with Crippen LogP contribution in [0.1, 0.15) is 11.1 Å². The van der Waals surface area contributed by atoms with Gasteiger partial charge in [0.05, 0.1) is 6.54 Å². The second-order valence-electron chi connectivity index (χ2n) is 4.19. The van der Waals surface area contributed by atoms with Gasteiger partial charge in [-0.25, -0.2) is 9.18 Å². The number of hydrogen-bond donors (Lipinski definition) is 1. The maximum absolute atomic E-state index is 13.9. The molecule has 4 nitrogen and oxygen atoms in total. The van der Waals surface area contributed by atoms with Gasteiger partial charge >= 0.3 is 5.97 Å². The van der Waals surface area contributed by atoms with Gasteiger partial charge in [-0.2, -0.15) is 0 Å². The number of aliphatic carboxylic acids is 1. The van der Waals surface area contributed by atoms with Crippen molar-refractivity contribution in [2.24, 2.45) is 0 Å². The number of rotatable bonds is 4. The number of carboxylic acid groups (broad SMARTS) is 1. The summed E-state index contributed by atoms with van der Waals surface area (Å²) in [5.41, 5.74) is 0.613. The molecule has 0 aliphatic rings. The van der Waals surface area contributed by atoms with E-state index in [1.165, 1.54) is 28.8 Å². The van der Waals surface area contributed by atoms with E-state index >= 15 is 0 Å². The van der Waals surface area contributed by atoms with Crippen LogP contribution in [0.25, 0.3) is 6.08 Å². The first-order valence-electron chi connectivity index (χ1n) is 5.91. The van der Waals surface area contributed by atoms with Gasteiger partial charge in [0, 0.05) is 23.9 Å². The average molecular weight is 273 g/mol. The summed E-state index contributed by atoms with van der Waals surface area (Å²) in [4.78, 5) is 21.9. The van der Waals surface area contributed by atoms with Crippen molar-refractivity contribution in [2.45, 2.75) is 6.54 Å². The van der Waals surface area contributed by atoms with E-state index < -0.39 is 11.8 Å². The maximum atomic E-state index is 13.9. The van der Waals surface area contributed by atoms with E-state index in [4.69, 9.17) is 5.11 Å². The third-order valence-corrected chi connectivity index (χ3v) is 2.74. The number of carbonyl (C=O) groups is 1. The number of pyridine rings is 1. The van der Waals surface area contributed by atoms with E-state index in [2.05, 4.69) is 0 Å².